The molecule has 0 fully saturated rings. The van der Waals surface area contributed by atoms with Crippen molar-refractivity contribution in [3.63, 3.8) is 0 Å². The van der Waals surface area contributed by atoms with Crippen LogP contribution in [0, 0.1) is 0 Å². The third-order valence-electron chi connectivity index (χ3n) is 2.63. The molecule has 0 aromatic carbocycles. The molecule has 1 aromatic rings. The summed E-state index contributed by atoms with van der Waals surface area (Å²) in [5.74, 6) is 0.00808. The number of hydrogen-bond donors (Lipinski definition) is 2. The van der Waals surface area contributed by atoms with Crippen LogP contribution in [0.4, 0.5) is 26.3 Å². The third kappa shape index (κ3) is 6.78. The molecule has 0 atom stereocenters. The molecule has 1 heterocycles. The minimum Gasteiger partial charge on any atom is -0.357 e. The minimum atomic E-state index is -4.62. The van der Waals surface area contributed by atoms with Gasteiger partial charge in [-0.15, -0.1) is 0 Å². The molecular weight excluding hydrogens is 328 g/mol. The van der Waals surface area contributed by atoms with Crippen molar-refractivity contribution in [1.82, 2.24) is 20.4 Å². The summed E-state index contributed by atoms with van der Waals surface area (Å²) in [7, 11) is 1.34. The number of halogens is 6. The number of aliphatic imine (C=N–C) groups is 1. The number of hydrogen-bond acceptors (Lipinski definition) is 2. The normalized spacial score (nSPS) is 13.3. The predicted octanol–water partition coefficient (Wildman–Crippen LogP) is 2.45. The summed E-state index contributed by atoms with van der Waals surface area (Å²) in [5, 5.41) is 8.42. The lowest BCUT2D eigenvalue weighted by Gasteiger charge is -2.12. The summed E-state index contributed by atoms with van der Waals surface area (Å²) in [6.45, 7) is 1.27. The number of aromatic nitrogens is 2. The highest BCUT2D eigenvalue weighted by atomic mass is 19.4. The fourth-order valence-electron chi connectivity index (χ4n) is 1.72. The second-order valence-electron chi connectivity index (χ2n) is 4.66. The number of nitrogens with one attached hydrogen (secondary N) is 2. The van der Waals surface area contributed by atoms with Crippen molar-refractivity contribution in [3.05, 3.63) is 17.5 Å². The van der Waals surface area contributed by atoms with E-state index in [1.807, 2.05) is 0 Å². The third-order valence-corrected chi connectivity index (χ3v) is 2.63. The molecule has 1 aromatic heterocycles. The van der Waals surface area contributed by atoms with Crippen LogP contribution in [0.2, 0.25) is 0 Å². The van der Waals surface area contributed by atoms with E-state index in [9.17, 15) is 26.3 Å². The van der Waals surface area contributed by atoms with E-state index in [0.29, 0.717) is 6.54 Å². The Hall–Kier alpha value is -1.94. The summed E-state index contributed by atoms with van der Waals surface area (Å²) in [6.07, 6.45) is -8.84. The highest BCUT2D eigenvalue weighted by Gasteiger charge is 2.36. The molecule has 2 N–H and O–H groups in total. The molecule has 0 saturated heterocycles. The molecule has 132 valence electrons. The first-order valence-electron chi connectivity index (χ1n) is 6.71. The lowest BCUT2D eigenvalue weighted by molar-refractivity contribution is -0.142. The van der Waals surface area contributed by atoms with Crippen LogP contribution in [0.5, 0.6) is 0 Å². The van der Waals surface area contributed by atoms with Gasteiger partial charge in [-0.1, -0.05) is 0 Å². The zero-order valence-electron chi connectivity index (χ0n) is 12.5. The van der Waals surface area contributed by atoms with Crippen LogP contribution in [0.15, 0.2) is 11.2 Å². The number of aryl methyl sites for hydroxylation is 1. The zero-order chi connectivity index (χ0) is 17.7. The van der Waals surface area contributed by atoms with Crippen LogP contribution in [-0.4, -0.2) is 35.0 Å². The summed E-state index contributed by atoms with van der Waals surface area (Å²) in [6, 6.07) is 0. The van der Waals surface area contributed by atoms with E-state index in [1.165, 1.54) is 13.2 Å². The molecule has 0 unspecified atom stereocenters. The Morgan fingerprint density at radius 3 is 2.39 bits per heavy atom. The Balaban J connectivity index is 2.78. The molecule has 0 aliphatic heterocycles. The lowest BCUT2D eigenvalue weighted by Crippen LogP contribution is -2.38. The van der Waals surface area contributed by atoms with E-state index in [4.69, 9.17) is 0 Å². The maximum Gasteiger partial charge on any atom is 0.435 e. The first-order chi connectivity index (χ1) is 10.5. The van der Waals surface area contributed by atoms with Crippen LogP contribution in [0.3, 0.4) is 0 Å². The lowest BCUT2D eigenvalue weighted by atomic mass is 10.2. The van der Waals surface area contributed by atoms with Crippen LogP contribution in [0.1, 0.15) is 24.6 Å². The topological polar surface area (TPSA) is 54.2 Å². The Morgan fingerprint density at radius 2 is 1.87 bits per heavy atom. The molecule has 0 bridgehead atoms. The number of nitrogens with zero attached hydrogens (tertiary/aromatic N) is 3. The minimum absolute atomic E-state index is 0.00808. The smallest absolute Gasteiger partial charge is 0.357 e. The predicted molar refractivity (Wildman–Crippen MR) is 71.7 cm³/mol. The van der Waals surface area contributed by atoms with E-state index in [0.717, 1.165) is 4.68 Å². The molecule has 1 rings (SSSR count). The van der Waals surface area contributed by atoms with Crippen LogP contribution < -0.4 is 10.6 Å². The summed E-state index contributed by atoms with van der Waals surface area (Å²) >= 11 is 0. The van der Waals surface area contributed by atoms with Gasteiger partial charge in [-0.2, -0.15) is 31.4 Å². The van der Waals surface area contributed by atoms with Gasteiger partial charge in [0.2, 0.25) is 0 Å². The van der Waals surface area contributed by atoms with E-state index in [2.05, 4.69) is 20.7 Å². The molecule has 5 nitrogen and oxygen atoms in total. The molecule has 0 spiro atoms. The molecule has 0 aliphatic carbocycles. The number of rotatable bonds is 5. The number of alkyl halides is 6. The van der Waals surface area contributed by atoms with Crippen molar-refractivity contribution in [2.24, 2.45) is 12.0 Å². The maximum atomic E-state index is 12.8. The summed E-state index contributed by atoms with van der Waals surface area (Å²) < 4.78 is 75.7. The van der Waals surface area contributed by atoms with E-state index in [1.54, 1.807) is 6.92 Å². The van der Waals surface area contributed by atoms with Crippen molar-refractivity contribution < 1.29 is 26.3 Å². The Morgan fingerprint density at radius 1 is 1.22 bits per heavy atom. The van der Waals surface area contributed by atoms with Gasteiger partial charge in [-0.3, -0.25) is 4.68 Å². The van der Waals surface area contributed by atoms with Gasteiger partial charge in [-0.25, -0.2) is 4.99 Å². The molecule has 0 aliphatic rings. The van der Waals surface area contributed by atoms with E-state index in [-0.39, 0.29) is 18.1 Å². The molecular formula is C12H17F6N5. The van der Waals surface area contributed by atoms with Gasteiger partial charge in [0.1, 0.15) is 0 Å². The summed E-state index contributed by atoms with van der Waals surface area (Å²) in [4.78, 5) is 3.86. The number of guanidine groups is 1. The Bertz CT molecular complexity index is 531. The zero-order valence-corrected chi connectivity index (χ0v) is 12.5. The fourth-order valence-corrected chi connectivity index (χ4v) is 1.72. The van der Waals surface area contributed by atoms with Crippen molar-refractivity contribution in [3.8, 4) is 0 Å². The van der Waals surface area contributed by atoms with Gasteiger partial charge in [0.15, 0.2) is 11.7 Å². The van der Waals surface area contributed by atoms with Crippen molar-refractivity contribution >= 4 is 5.96 Å². The van der Waals surface area contributed by atoms with Gasteiger partial charge in [0.05, 0.1) is 13.0 Å². The molecule has 0 saturated carbocycles. The van der Waals surface area contributed by atoms with Gasteiger partial charge in [0.25, 0.3) is 0 Å². The van der Waals surface area contributed by atoms with E-state index < -0.39 is 31.0 Å². The second kappa shape index (κ2) is 7.55. The molecule has 0 amide bonds. The van der Waals surface area contributed by atoms with Gasteiger partial charge in [-0.05, 0) is 6.92 Å². The maximum absolute atomic E-state index is 12.8. The van der Waals surface area contributed by atoms with Crippen molar-refractivity contribution in [2.45, 2.75) is 32.2 Å². The summed E-state index contributed by atoms with van der Waals surface area (Å²) in [5.41, 5.74) is -1.22. The Labute approximate surface area is 128 Å². The van der Waals surface area contributed by atoms with Crippen LogP contribution in [-0.2, 0) is 19.8 Å². The first kappa shape index (κ1) is 19.1. The highest BCUT2D eigenvalue weighted by molar-refractivity contribution is 5.79. The van der Waals surface area contributed by atoms with Gasteiger partial charge < -0.3 is 10.6 Å². The van der Waals surface area contributed by atoms with Crippen molar-refractivity contribution in [1.29, 1.82) is 0 Å². The van der Waals surface area contributed by atoms with Crippen molar-refractivity contribution in [2.75, 3.05) is 13.1 Å². The highest BCUT2D eigenvalue weighted by Crippen LogP contribution is 2.30. The molecule has 23 heavy (non-hydrogen) atoms. The second-order valence-corrected chi connectivity index (χ2v) is 4.66. The Kier molecular flexibility index (Phi) is 6.28. The molecule has 0 radical (unpaired) electrons. The van der Waals surface area contributed by atoms with Crippen LogP contribution >= 0.6 is 0 Å². The van der Waals surface area contributed by atoms with Gasteiger partial charge >= 0.3 is 12.4 Å². The fraction of sp³-hybridized carbons (Fsp3) is 0.667. The van der Waals surface area contributed by atoms with E-state index >= 15 is 0 Å². The quantitative estimate of drug-likeness (QED) is 0.490. The standard InChI is InChI=1S/C12H17F6N5/c1-3-19-10(20-5-4-11(13,14)15)21-6-8-7-23(2)22-9(8)12(16,17)18/h7H,3-6H2,1-2H3,(H2,19,20,21). The largest absolute Gasteiger partial charge is 0.435 e. The van der Waals surface area contributed by atoms with Crippen LogP contribution in [0.25, 0.3) is 0 Å². The first-order valence-corrected chi connectivity index (χ1v) is 6.71. The average molecular weight is 345 g/mol. The van der Waals surface area contributed by atoms with Gasteiger partial charge in [0, 0.05) is 31.9 Å². The average Bonchev–Trinajstić information content (AvgIpc) is 2.76. The monoisotopic (exact) mass is 345 g/mol. The SMILES string of the molecule is CCNC(=NCc1cn(C)nc1C(F)(F)F)NCCC(F)(F)F. The molecule has 11 heteroatoms.